The predicted molar refractivity (Wildman–Crippen MR) is 160 cm³/mol. The van der Waals surface area contributed by atoms with Crippen LogP contribution in [0.25, 0.3) is 0 Å². The first-order chi connectivity index (χ1) is 21.3. The van der Waals surface area contributed by atoms with Gasteiger partial charge in [0.2, 0.25) is 0 Å². The van der Waals surface area contributed by atoms with Gasteiger partial charge in [0.05, 0.1) is 5.69 Å². The van der Waals surface area contributed by atoms with Crippen molar-refractivity contribution in [2.75, 3.05) is 9.80 Å². The molecule has 0 N–H and O–H groups in total. The van der Waals surface area contributed by atoms with Gasteiger partial charge < -0.3 is 9.80 Å². The fourth-order valence-electron chi connectivity index (χ4n) is 6.49. The van der Waals surface area contributed by atoms with Crippen LogP contribution in [0.2, 0.25) is 0 Å². The number of fused-ring (bicyclic) bond motifs is 4. The average Bonchev–Trinajstić information content (AvgIpc) is 3.29. The zero-order valence-corrected chi connectivity index (χ0v) is 23.3. The summed E-state index contributed by atoms with van der Waals surface area (Å²) in [6.45, 7) is 0. The summed E-state index contributed by atoms with van der Waals surface area (Å²) in [5.74, 6) is -3.15. The lowest BCUT2D eigenvalue weighted by atomic mass is 9.99. The summed E-state index contributed by atoms with van der Waals surface area (Å²) in [7, 11) is 0. The molecule has 0 bridgehead atoms. The van der Waals surface area contributed by atoms with Crippen LogP contribution in [0.3, 0.4) is 0 Å². The molecule has 5 aromatic rings. The SMILES string of the molecule is N#Cc1c(F)c(C(F)(F)F)c(N2c3ccccc3CCc3ccccc32)c(F)c1N1c2ccccc2CCc2ccccc21. The van der Waals surface area contributed by atoms with Crippen molar-refractivity contribution < 1.29 is 22.0 Å². The van der Waals surface area contributed by atoms with E-state index in [2.05, 4.69) is 0 Å². The average molecular weight is 594 g/mol. The molecule has 2 aliphatic heterocycles. The molecule has 2 aliphatic rings. The van der Waals surface area contributed by atoms with Crippen LogP contribution in [0, 0.1) is 23.0 Å². The van der Waals surface area contributed by atoms with Crippen LogP contribution in [-0.4, -0.2) is 0 Å². The summed E-state index contributed by atoms with van der Waals surface area (Å²) in [4.78, 5) is 2.59. The van der Waals surface area contributed by atoms with Crippen LogP contribution in [-0.2, 0) is 31.9 Å². The highest BCUT2D eigenvalue weighted by molar-refractivity contribution is 5.91. The van der Waals surface area contributed by atoms with E-state index in [0.717, 1.165) is 11.1 Å². The Hall–Kier alpha value is -5.16. The van der Waals surface area contributed by atoms with Gasteiger partial charge in [-0.3, -0.25) is 0 Å². The molecular formula is C36H24F5N3. The topological polar surface area (TPSA) is 30.3 Å². The van der Waals surface area contributed by atoms with E-state index in [1.54, 1.807) is 78.9 Å². The molecular weight excluding hydrogens is 569 g/mol. The monoisotopic (exact) mass is 593 g/mol. The third-order valence-electron chi connectivity index (χ3n) is 8.43. The molecule has 218 valence electrons. The predicted octanol–water partition coefficient (Wildman–Crippen LogP) is 9.99. The largest absolute Gasteiger partial charge is 0.421 e. The number of benzene rings is 5. The molecule has 0 atom stereocenters. The molecule has 44 heavy (non-hydrogen) atoms. The Morgan fingerprint density at radius 2 is 0.864 bits per heavy atom. The van der Waals surface area contributed by atoms with Crippen LogP contribution in [0.5, 0.6) is 0 Å². The van der Waals surface area contributed by atoms with E-state index in [1.165, 1.54) is 9.80 Å². The van der Waals surface area contributed by atoms with Gasteiger partial charge in [-0.25, -0.2) is 8.78 Å². The molecule has 0 aliphatic carbocycles. The van der Waals surface area contributed by atoms with Gasteiger partial charge in [-0.2, -0.15) is 18.4 Å². The zero-order chi connectivity index (χ0) is 30.6. The van der Waals surface area contributed by atoms with E-state index in [9.17, 15) is 18.4 Å². The number of nitriles is 1. The molecule has 0 spiro atoms. The molecule has 0 amide bonds. The van der Waals surface area contributed by atoms with Gasteiger partial charge in [0.25, 0.3) is 0 Å². The standard InChI is InChI=1S/C36H24F5N3/c37-32-26(21-42)34(43-27-13-5-1-9-22(27)17-18-23-10-2-6-14-28(23)43)33(38)35(31(32)36(39,40)41)44-29-15-7-3-11-24(29)19-20-25-12-4-8-16-30(25)44/h1-16H,17-20H2. The van der Waals surface area contributed by atoms with Crippen molar-refractivity contribution in [3.05, 3.63) is 142 Å². The summed E-state index contributed by atoms with van der Waals surface area (Å²) >= 11 is 0. The van der Waals surface area contributed by atoms with Crippen LogP contribution >= 0.6 is 0 Å². The van der Waals surface area contributed by atoms with Crippen molar-refractivity contribution in [1.82, 2.24) is 0 Å². The van der Waals surface area contributed by atoms with Crippen LogP contribution < -0.4 is 9.80 Å². The molecule has 7 rings (SSSR count). The molecule has 5 aromatic carbocycles. The second kappa shape index (κ2) is 10.5. The highest BCUT2D eigenvalue weighted by atomic mass is 19.4. The summed E-state index contributed by atoms with van der Waals surface area (Å²) in [6.07, 6.45) is -3.21. The van der Waals surface area contributed by atoms with Gasteiger partial charge in [0.1, 0.15) is 22.9 Å². The number of anilines is 6. The fraction of sp³-hybridized carbons (Fsp3) is 0.139. The normalized spacial score (nSPS) is 14.0. The van der Waals surface area contributed by atoms with Gasteiger partial charge in [0, 0.05) is 22.7 Å². The number of nitrogens with zero attached hydrogens (tertiary/aromatic N) is 3. The number of alkyl halides is 3. The van der Waals surface area contributed by atoms with Crippen molar-refractivity contribution in [2.45, 2.75) is 31.9 Å². The maximum atomic E-state index is 17.6. The molecule has 0 saturated heterocycles. The minimum absolute atomic E-state index is 0.313. The minimum atomic E-state index is -5.32. The van der Waals surface area contributed by atoms with E-state index in [0.29, 0.717) is 59.6 Å². The van der Waals surface area contributed by atoms with E-state index in [1.807, 2.05) is 24.3 Å². The molecule has 0 radical (unpaired) electrons. The fourth-order valence-corrected chi connectivity index (χ4v) is 6.49. The molecule has 3 nitrogen and oxygen atoms in total. The van der Waals surface area contributed by atoms with Crippen LogP contribution in [0.1, 0.15) is 33.4 Å². The Morgan fingerprint density at radius 3 is 1.20 bits per heavy atom. The van der Waals surface area contributed by atoms with Gasteiger partial charge in [-0.15, -0.1) is 0 Å². The first-order valence-electron chi connectivity index (χ1n) is 14.2. The van der Waals surface area contributed by atoms with Gasteiger partial charge in [-0.1, -0.05) is 72.8 Å². The number of hydrogen-bond donors (Lipinski definition) is 0. The lowest BCUT2D eigenvalue weighted by Crippen LogP contribution is -2.25. The van der Waals surface area contributed by atoms with Crippen molar-refractivity contribution in [2.24, 2.45) is 0 Å². The van der Waals surface area contributed by atoms with Gasteiger partial charge >= 0.3 is 6.18 Å². The summed E-state index contributed by atoms with van der Waals surface area (Å²) < 4.78 is 79.0. The molecule has 0 unspecified atom stereocenters. The Morgan fingerprint density at radius 1 is 0.523 bits per heavy atom. The lowest BCUT2D eigenvalue weighted by Gasteiger charge is -2.34. The minimum Gasteiger partial charge on any atom is -0.306 e. The summed E-state index contributed by atoms with van der Waals surface area (Å²) in [5.41, 5.74) is 0.143. The summed E-state index contributed by atoms with van der Waals surface area (Å²) in [5, 5.41) is 10.2. The second-order valence-electron chi connectivity index (χ2n) is 10.9. The van der Waals surface area contributed by atoms with E-state index < -0.39 is 40.3 Å². The van der Waals surface area contributed by atoms with Gasteiger partial charge in [-0.05, 0) is 72.2 Å². The third-order valence-corrected chi connectivity index (χ3v) is 8.43. The first-order valence-corrected chi connectivity index (χ1v) is 14.2. The Labute approximate surface area is 251 Å². The third kappa shape index (κ3) is 4.31. The molecule has 0 fully saturated rings. The van der Waals surface area contributed by atoms with Gasteiger partial charge in [0.15, 0.2) is 11.6 Å². The van der Waals surface area contributed by atoms with Crippen molar-refractivity contribution in [3.63, 3.8) is 0 Å². The molecule has 2 heterocycles. The maximum absolute atomic E-state index is 17.6. The summed E-state index contributed by atoms with van der Waals surface area (Å²) in [6, 6.07) is 29.5. The van der Waals surface area contributed by atoms with E-state index in [-0.39, 0.29) is 0 Å². The second-order valence-corrected chi connectivity index (χ2v) is 10.9. The highest BCUT2D eigenvalue weighted by Gasteiger charge is 2.45. The van der Waals surface area contributed by atoms with Crippen molar-refractivity contribution in [1.29, 1.82) is 5.26 Å². The number of hydrogen-bond acceptors (Lipinski definition) is 3. The quantitative estimate of drug-likeness (QED) is 0.191. The maximum Gasteiger partial charge on any atom is 0.421 e. The Balaban J connectivity index is 1.65. The lowest BCUT2D eigenvalue weighted by molar-refractivity contribution is -0.139. The smallest absolute Gasteiger partial charge is 0.306 e. The number of aryl methyl sites for hydroxylation is 4. The van der Waals surface area contributed by atoms with Crippen molar-refractivity contribution >= 4 is 34.1 Å². The molecule has 0 aromatic heterocycles. The van der Waals surface area contributed by atoms with Crippen molar-refractivity contribution in [3.8, 4) is 6.07 Å². The van der Waals surface area contributed by atoms with Crippen LogP contribution in [0.4, 0.5) is 56.1 Å². The zero-order valence-electron chi connectivity index (χ0n) is 23.3. The Kier molecular flexibility index (Phi) is 6.62. The number of halogens is 5. The molecule has 8 heteroatoms. The Bertz CT molecular complexity index is 1880. The molecule has 0 saturated carbocycles. The number of rotatable bonds is 2. The highest BCUT2D eigenvalue weighted by Crippen LogP contribution is 2.54. The van der Waals surface area contributed by atoms with E-state index >= 15 is 8.78 Å². The first kappa shape index (κ1) is 27.7. The van der Waals surface area contributed by atoms with E-state index in [4.69, 9.17) is 0 Å². The van der Waals surface area contributed by atoms with Crippen LogP contribution in [0.15, 0.2) is 97.1 Å². The number of para-hydroxylation sites is 4.